The first-order chi connectivity index (χ1) is 9.38. The lowest BCUT2D eigenvalue weighted by molar-refractivity contribution is 0.00936. The molecule has 1 saturated heterocycles. The third-order valence-corrected chi connectivity index (χ3v) is 3.34. The van der Waals surface area contributed by atoms with Crippen molar-refractivity contribution in [3.8, 4) is 0 Å². The van der Waals surface area contributed by atoms with Crippen molar-refractivity contribution in [1.29, 1.82) is 0 Å². The minimum atomic E-state index is -0.526. The monoisotopic (exact) mass is 278 g/mol. The van der Waals surface area contributed by atoms with Gasteiger partial charge in [0.15, 0.2) is 0 Å². The Balaban J connectivity index is 2.24. The van der Waals surface area contributed by atoms with Gasteiger partial charge in [0.05, 0.1) is 6.04 Å². The summed E-state index contributed by atoms with van der Waals surface area (Å²) in [6.45, 7) is 6.17. The molecule has 0 radical (unpaired) electrons. The number of hydrogen-bond acceptors (Lipinski definition) is 3. The average Bonchev–Trinajstić information content (AvgIpc) is 2.37. The fraction of sp³-hybridized carbons (Fsp3) is 0.600. The molecule has 0 bridgehead atoms. The maximum absolute atomic E-state index is 12.3. The number of carbonyl (C=O) groups is 1. The molecule has 1 aliphatic rings. The fourth-order valence-electron chi connectivity index (χ4n) is 2.49. The summed E-state index contributed by atoms with van der Waals surface area (Å²) in [5.74, 6) is 0. The van der Waals surface area contributed by atoms with Crippen molar-refractivity contribution >= 4 is 6.09 Å². The zero-order valence-electron chi connectivity index (χ0n) is 12.3. The molecular formula is C15H22N2O3. The standard InChI is InChI=1S/C15H22N2O3/c1-15(2,3)20-14(19)17-10-5-4-8-12(17)11-7-6-9-16-13(11)18/h6-7,9,12H,4-5,8,10H2,1-3H3,(H,16,18). The van der Waals surface area contributed by atoms with Gasteiger partial charge in [0, 0.05) is 18.3 Å². The van der Waals surface area contributed by atoms with E-state index in [0.29, 0.717) is 12.1 Å². The Morgan fingerprint density at radius 2 is 2.15 bits per heavy atom. The van der Waals surface area contributed by atoms with Gasteiger partial charge in [0.2, 0.25) is 0 Å². The first kappa shape index (κ1) is 14.6. The molecule has 0 aromatic carbocycles. The lowest BCUT2D eigenvalue weighted by Gasteiger charge is -2.36. The lowest BCUT2D eigenvalue weighted by atomic mass is 9.97. The lowest BCUT2D eigenvalue weighted by Crippen LogP contribution is -2.43. The highest BCUT2D eigenvalue weighted by atomic mass is 16.6. The topological polar surface area (TPSA) is 62.4 Å². The largest absolute Gasteiger partial charge is 0.444 e. The number of carbonyl (C=O) groups excluding carboxylic acids is 1. The molecule has 1 aromatic rings. The second kappa shape index (κ2) is 5.69. The summed E-state index contributed by atoms with van der Waals surface area (Å²) in [7, 11) is 0. The van der Waals surface area contributed by atoms with Gasteiger partial charge in [-0.15, -0.1) is 0 Å². The Morgan fingerprint density at radius 3 is 2.80 bits per heavy atom. The number of piperidine rings is 1. The Labute approximate surface area is 118 Å². The molecule has 0 aliphatic carbocycles. The molecule has 0 spiro atoms. The van der Waals surface area contributed by atoms with E-state index in [1.807, 2.05) is 20.8 Å². The van der Waals surface area contributed by atoms with E-state index in [-0.39, 0.29) is 17.7 Å². The fourth-order valence-corrected chi connectivity index (χ4v) is 2.49. The molecule has 2 rings (SSSR count). The van der Waals surface area contributed by atoms with Crippen LogP contribution in [0.15, 0.2) is 23.1 Å². The van der Waals surface area contributed by atoms with Crippen molar-refractivity contribution in [3.05, 3.63) is 34.2 Å². The summed E-state index contributed by atoms with van der Waals surface area (Å²) >= 11 is 0. The number of amides is 1. The molecular weight excluding hydrogens is 256 g/mol. The first-order valence-electron chi connectivity index (χ1n) is 7.06. The van der Waals surface area contributed by atoms with E-state index in [4.69, 9.17) is 4.74 Å². The molecule has 1 aromatic heterocycles. The number of likely N-dealkylation sites (tertiary alicyclic amines) is 1. The van der Waals surface area contributed by atoms with Gasteiger partial charge >= 0.3 is 6.09 Å². The average molecular weight is 278 g/mol. The van der Waals surface area contributed by atoms with Crippen molar-refractivity contribution < 1.29 is 9.53 Å². The molecule has 20 heavy (non-hydrogen) atoms. The highest BCUT2D eigenvalue weighted by Gasteiger charge is 2.32. The number of nitrogens with one attached hydrogen (secondary N) is 1. The third kappa shape index (κ3) is 3.40. The van der Waals surface area contributed by atoms with Gasteiger partial charge in [-0.3, -0.25) is 4.79 Å². The molecule has 1 fully saturated rings. The van der Waals surface area contributed by atoms with Crippen LogP contribution >= 0.6 is 0 Å². The van der Waals surface area contributed by atoms with Crippen LogP contribution in [0.25, 0.3) is 0 Å². The van der Waals surface area contributed by atoms with E-state index >= 15 is 0 Å². The van der Waals surface area contributed by atoms with Gasteiger partial charge in [-0.2, -0.15) is 0 Å². The Bertz CT molecular complexity index is 530. The maximum Gasteiger partial charge on any atom is 0.410 e. The zero-order chi connectivity index (χ0) is 14.8. The van der Waals surface area contributed by atoms with Gasteiger partial charge in [0.25, 0.3) is 5.56 Å². The van der Waals surface area contributed by atoms with Gasteiger partial charge in [-0.25, -0.2) is 4.79 Å². The van der Waals surface area contributed by atoms with Crippen LogP contribution in [-0.2, 0) is 4.74 Å². The second-order valence-corrected chi connectivity index (χ2v) is 6.14. The summed E-state index contributed by atoms with van der Waals surface area (Å²) in [4.78, 5) is 28.6. The number of aromatic nitrogens is 1. The predicted octanol–water partition coefficient (Wildman–Crippen LogP) is 2.84. The van der Waals surface area contributed by atoms with Crippen LogP contribution < -0.4 is 5.56 Å². The van der Waals surface area contributed by atoms with Crippen LogP contribution in [0.4, 0.5) is 4.79 Å². The number of pyridine rings is 1. The number of nitrogens with zero attached hydrogens (tertiary/aromatic N) is 1. The molecule has 5 heteroatoms. The molecule has 1 aliphatic heterocycles. The summed E-state index contributed by atoms with van der Waals surface area (Å²) in [5.41, 5.74) is -0.0200. The van der Waals surface area contributed by atoms with Crippen molar-refractivity contribution in [2.45, 2.75) is 51.7 Å². The maximum atomic E-state index is 12.3. The Hall–Kier alpha value is -1.78. The van der Waals surface area contributed by atoms with Crippen molar-refractivity contribution in [3.63, 3.8) is 0 Å². The van der Waals surface area contributed by atoms with Crippen molar-refractivity contribution in [2.75, 3.05) is 6.54 Å². The van der Waals surface area contributed by atoms with Crippen molar-refractivity contribution in [2.24, 2.45) is 0 Å². The van der Waals surface area contributed by atoms with Crippen molar-refractivity contribution in [1.82, 2.24) is 9.88 Å². The number of aromatic amines is 1. The number of rotatable bonds is 1. The first-order valence-corrected chi connectivity index (χ1v) is 7.06. The van der Waals surface area contributed by atoms with E-state index in [1.165, 1.54) is 0 Å². The quantitative estimate of drug-likeness (QED) is 0.859. The number of ether oxygens (including phenoxy) is 1. The van der Waals surface area contributed by atoms with Gasteiger partial charge < -0.3 is 14.6 Å². The molecule has 1 amide bonds. The highest BCUT2D eigenvalue weighted by Crippen LogP contribution is 2.30. The summed E-state index contributed by atoms with van der Waals surface area (Å²) in [6, 6.07) is 3.38. The van der Waals surface area contributed by atoms with E-state index in [2.05, 4.69) is 4.98 Å². The smallest absolute Gasteiger partial charge is 0.410 e. The number of H-pyrrole nitrogens is 1. The van der Waals surface area contributed by atoms with Gasteiger partial charge in [-0.1, -0.05) is 0 Å². The SMILES string of the molecule is CC(C)(C)OC(=O)N1CCCCC1c1ccc[nH]c1=O. The molecule has 1 atom stereocenters. The summed E-state index contributed by atoms with van der Waals surface area (Å²) < 4.78 is 5.44. The van der Waals surface area contributed by atoms with E-state index < -0.39 is 5.60 Å². The predicted molar refractivity (Wildman–Crippen MR) is 76.6 cm³/mol. The molecule has 1 N–H and O–H groups in total. The van der Waals surface area contributed by atoms with Gasteiger partial charge in [0.1, 0.15) is 5.60 Å². The normalized spacial score (nSPS) is 19.8. The molecule has 2 heterocycles. The Kier molecular flexibility index (Phi) is 4.16. The van der Waals surface area contributed by atoms with E-state index in [1.54, 1.807) is 23.2 Å². The van der Waals surface area contributed by atoms with Crippen LogP contribution in [0.2, 0.25) is 0 Å². The Morgan fingerprint density at radius 1 is 1.40 bits per heavy atom. The minimum Gasteiger partial charge on any atom is -0.444 e. The molecule has 110 valence electrons. The van der Waals surface area contributed by atoms with Crippen LogP contribution in [0.1, 0.15) is 51.6 Å². The molecule has 0 saturated carbocycles. The summed E-state index contributed by atoms with van der Waals surface area (Å²) in [6.07, 6.45) is 4.02. The molecule has 1 unspecified atom stereocenters. The zero-order valence-corrected chi connectivity index (χ0v) is 12.3. The molecule has 5 nitrogen and oxygen atoms in total. The minimum absolute atomic E-state index is 0.132. The van der Waals surface area contributed by atoms with Crippen LogP contribution in [0.5, 0.6) is 0 Å². The third-order valence-electron chi connectivity index (χ3n) is 3.34. The second-order valence-electron chi connectivity index (χ2n) is 6.14. The number of hydrogen-bond donors (Lipinski definition) is 1. The van der Waals surface area contributed by atoms with Crippen LogP contribution in [0.3, 0.4) is 0 Å². The summed E-state index contributed by atoms with van der Waals surface area (Å²) in [5, 5.41) is 0. The highest BCUT2D eigenvalue weighted by molar-refractivity contribution is 5.69. The van der Waals surface area contributed by atoms with E-state index in [0.717, 1.165) is 19.3 Å². The van der Waals surface area contributed by atoms with Crippen LogP contribution in [0, 0.1) is 0 Å². The van der Waals surface area contributed by atoms with Crippen LogP contribution in [-0.4, -0.2) is 28.1 Å². The van der Waals surface area contributed by atoms with Gasteiger partial charge in [-0.05, 0) is 52.2 Å². The van der Waals surface area contributed by atoms with E-state index in [9.17, 15) is 9.59 Å².